The van der Waals surface area contributed by atoms with Gasteiger partial charge in [-0.2, -0.15) is 0 Å². The monoisotopic (exact) mass is 936 g/mol. The Morgan fingerprint density at radius 2 is 1.26 bits per heavy atom. The first-order valence-electron chi connectivity index (χ1n) is 9.52. The maximum atomic E-state index is 13.4. The van der Waals surface area contributed by atoms with Gasteiger partial charge in [0, 0.05) is 10.7 Å². The zero-order valence-electron chi connectivity index (χ0n) is 17.4. The summed E-state index contributed by atoms with van der Waals surface area (Å²) < 4.78 is 46.1. The molecule has 0 aliphatic carbocycles. The van der Waals surface area contributed by atoms with Gasteiger partial charge in [0.15, 0.2) is 0 Å². The Hall–Kier alpha value is 1.05. The molecule has 13 heteroatoms. The van der Waals surface area contributed by atoms with Crippen LogP contribution in [0.4, 0.5) is 0 Å². The summed E-state index contributed by atoms with van der Waals surface area (Å²) in [5.41, 5.74) is 0. The number of alkyl halides is 3. The van der Waals surface area contributed by atoms with E-state index in [0.717, 1.165) is 5.33 Å². The molecule has 2 aromatic rings. The number of hydrogen-bond donors (Lipinski definition) is 0. The van der Waals surface area contributed by atoms with Gasteiger partial charge in [-0.05, 0) is 88.0 Å². The summed E-state index contributed by atoms with van der Waals surface area (Å²) in [4.78, 5) is 0.327. The Bertz CT molecular complexity index is 1060. The molecule has 0 aromatic heterocycles. The molecule has 2 aromatic carbocycles. The average Bonchev–Trinajstić information content (AvgIpc) is 2.79. The van der Waals surface area contributed by atoms with Crippen molar-refractivity contribution < 1.29 is 22.6 Å². The first kappa shape index (κ1) is 31.3. The molecule has 0 aliphatic rings. The van der Waals surface area contributed by atoms with Crippen molar-refractivity contribution in [3.8, 4) is 11.5 Å². The van der Waals surface area contributed by atoms with Gasteiger partial charge in [0.25, 0.3) is 0 Å². The number of benzene rings is 2. The molecule has 0 saturated heterocycles. The average molecular weight is 943 g/mol. The maximum absolute atomic E-state index is 13.4. The predicted molar refractivity (Wildman–Crippen MR) is 160 cm³/mol. The van der Waals surface area contributed by atoms with Crippen molar-refractivity contribution in [2.75, 3.05) is 30.5 Å². The van der Waals surface area contributed by atoms with Gasteiger partial charge in [0.05, 0.1) is 39.1 Å². The SMILES string of the molecule is C=CCOC(CBr)COc1c(Br)cc(S(=O)(=O)c2cc(Br)c(OCC(Br)CBr)c(Br)c2)cc1Br. The molecule has 0 aliphatic heterocycles. The van der Waals surface area contributed by atoms with Crippen molar-refractivity contribution >= 4 is 121 Å². The Morgan fingerprint density at radius 3 is 1.65 bits per heavy atom. The summed E-state index contributed by atoms with van der Waals surface area (Å²) in [6.45, 7) is 4.72. The van der Waals surface area contributed by atoms with Crippen molar-refractivity contribution in [3.63, 3.8) is 0 Å². The normalized spacial score (nSPS) is 13.4. The van der Waals surface area contributed by atoms with E-state index in [9.17, 15) is 8.42 Å². The van der Waals surface area contributed by atoms with Crippen LogP contribution in [0.2, 0.25) is 0 Å². The molecule has 2 atom stereocenters. The summed E-state index contributed by atoms with van der Waals surface area (Å²) in [5, 5.41) is 1.30. The summed E-state index contributed by atoms with van der Waals surface area (Å²) >= 11 is 24.0. The molecule has 0 radical (unpaired) electrons. The topological polar surface area (TPSA) is 61.8 Å². The highest BCUT2D eigenvalue weighted by Gasteiger charge is 2.24. The van der Waals surface area contributed by atoms with Gasteiger partial charge in [-0.25, -0.2) is 8.42 Å². The molecule has 0 amide bonds. The van der Waals surface area contributed by atoms with Crippen LogP contribution in [0.3, 0.4) is 0 Å². The van der Waals surface area contributed by atoms with Gasteiger partial charge in [-0.1, -0.05) is 53.9 Å². The molecule has 2 unspecified atom stereocenters. The van der Waals surface area contributed by atoms with Crippen molar-refractivity contribution in [2.45, 2.75) is 20.7 Å². The van der Waals surface area contributed by atoms with Crippen LogP contribution < -0.4 is 9.47 Å². The predicted octanol–water partition coefficient (Wildman–Crippen LogP) is 8.45. The van der Waals surface area contributed by atoms with Gasteiger partial charge in [0.2, 0.25) is 9.84 Å². The molecule has 0 N–H and O–H groups in total. The third-order valence-electron chi connectivity index (χ3n) is 4.18. The lowest BCUT2D eigenvalue weighted by Gasteiger charge is -2.18. The fourth-order valence-electron chi connectivity index (χ4n) is 2.53. The quantitative estimate of drug-likeness (QED) is 0.149. The van der Waals surface area contributed by atoms with Gasteiger partial charge in [-0.15, -0.1) is 6.58 Å². The molecule has 2 rings (SSSR count). The number of halogens is 7. The Kier molecular flexibility index (Phi) is 13.7. The van der Waals surface area contributed by atoms with E-state index in [0.29, 0.717) is 47.9 Å². The van der Waals surface area contributed by atoms with Gasteiger partial charge >= 0.3 is 0 Å². The fourth-order valence-corrected chi connectivity index (χ4v) is 8.03. The van der Waals surface area contributed by atoms with Crippen molar-refractivity contribution in [2.24, 2.45) is 0 Å². The second kappa shape index (κ2) is 14.8. The highest BCUT2D eigenvalue weighted by molar-refractivity contribution is 9.12. The van der Waals surface area contributed by atoms with Crippen LogP contribution in [-0.2, 0) is 14.6 Å². The first-order valence-corrected chi connectivity index (χ1v) is 17.3. The third kappa shape index (κ3) is 8.54. The molecule has 0 saturated carbocycles. The zero-order chi connectivity index (χ0) is 25.5. The molecular weight excluding hydrogens is 924 g/mol. The Labute approximate surface area is 258 Å². The molecule has 0 fully saturated rings. The van der Waals surface area contributed by atoms with E-state index in [4.69, 9.17) is 14.2 Å². The number of hydrogen-bond acceptors (Lipinski definition) is 5. The van der Waals surface area contributed by atoms with Crippen molar-refractivity contribution in [3.05, 3.63) is 54.8 Å². The summed E-state index contributed by atoms with van der Waals surface area (Å²) in [7, 11) is -3.84. The molecule has 0 bridgehead atoms. The third-order valence-corrected chi connectivity index (χ3v) is 11.2. The minimum atomic E-state index is -3.84. The van der Waals surface area contributed by atoms with Crippen molar-refractivity contribution in [1.82, 2.24) is 0 Å². The first-order chi connectivity index (χ1) is 16.0. The number of rotatable bonds is 13. The van der Waals surface area contributed by atoms with Crippen molar-refractivity contribution in [1.29, 1.82) is 0 Å². The standard InChI is InChI=1S/C21H19Br7O5S/c1-2-3-31-13(9-23)11-33-21-18(27)6-15(7-19(21)28)34(29,30)14-4-16(25)20(17(26)5-14)32-10-12(24)8-22/h2,4-7,12-13H,1,3,8-11H2. The van der Waals surface area contributed by atoms with E-state index in [-0.39, 0.29) is 27.3 Å². The maximum Gasteiger partial charge on any atom is 0.206 e. The van der Waals surface area contributed by atoms with E-state index >= 15 is 0 Å². The molecule has 188 valence electrons. The lowest BCUT2D eigenvalue weighted by Crippen LogP contribution is -2.23. The van der Waals surface area contributed by atoms with E-state index < -0.39 is 9.84 Å². The van der Waals surface area contributed by atoms with E-state index in [2.05, 4.69) is 118 Å². The van der Waals surface area contributed by atoms with E-state index in [1.165, 1.54) is 24.3 Å². The van der Waals surface area contributed by atoms with Crippen LogP contribution >= 0.6 is 112 Å². The van der Waals surface area contributed by atoms with Gasteiger partial charge in [0.1, 0.15) is 30.8 Å². The second-order valence-corrected chi connectivity index (χ2v) is 14.7. The Balaban J connectivity index is 2.30. The van der Waals surface area contributed by atoms with Crippen LogP contribution in [0, 0.1) is 0 Å². The summed E-state index contributed by atoms with van der Waals surface area (Å²) in [5.74, 6) is 1.00. The van der Waals surface area contributed by atoms with Gasteiger partial charge < -0.3 is 14.2 Å². The minimum absolute atomic E-state index is 0.103. The van der Waals surface area contributed by atoms with Crippen LogP contribution in [-0.4, -0.2) is 49.8 Å². The molecule has 0 heterocycles. The molecule has 5 nitrogen and oxygen atoms in total. The summed E-state index contributed by atoms with van der Waals surface area (Å²) in [6, 6.07) is 6.08. The second-order valence-electron chi connectivity index (χ2n) is 6.71. The highest BCUT2D eigenvalue weighted by atomic mass is 79.9. The van der Waals surface area contributed by atoms with E-state index in [1.54, 1.807) is 6.08 Å². The summed E-state index contributed by atoms with van der Waals surface area (Å²) in [6.07, 6.45) is 1.48. The smallest absolute Gasteiger partial charge is 0.206 e. The fraction of sp³-hybridized carbons (Fsp3) is 0.333. The number of ether oxygens (including phenoxy) is 3. The van der Waals surface area contributed by atoms with Crippen LogP contribution in [0.5, 0.6) is 11.5 Å². The Morgan fingerprint density at radius 1 is 0.824 bits per heavy atom. The van der Waals surface area contributed by atoms with Crippen LogP contribution in [0.25, 0.3) is 0 Å². The van der Waals surface area contributed by atoms with Crippen LogP contribution in [0.15, 0.2) is 64.6 Å². The molecule has 34 heavy (non-hydrogen) atoms. The van der Waals surface area contributed by atoms with E-state index in [1.807, 2.05) is 0 Å². The largest absolute Gasteiger partial charge is 0.490 e. The molecular formula is C21H19Br7O5S. The lowest BCUT2D eigenvalue weighted by molar-refractivity contribution is 0.0529. The minimum Gasteiger partial charge on any atom is -0.490 e. The highest BCUT2D eigenvalue weighted by Crippen LogP contribution is 2.41. The number of sulfone groups is 1. The van der Waals surface area contributed by atoms with Crippen LogP contribution in [0.1, 0.15) is 0 Å². The zero-order valence-corrected chi connectivity index (χ0v) is 29.3. The lowest BCUT2D eigenvalue weighted by atomic mass is 10.3. The molecule has 0 spiro atoms. The van der Waals surface area contributed by atoms with Gasteiger partial charge in [-0.3, -0.25) is 0 Å².